The van der Waals surface area contributed by atoms with Crippen LogP contribution in [-0.4, -0.2) is 21.0 Å². The third-order valence-electron chi connectivity index (χ3n) is 4.69. The van der Waals surface area contributed by atoms with Crippen molar-refractivity contribution in [1.82, 2.24) is 15.0 Å². The highest BCUT2D eigenvalue weighted by molar-refractivity contribution is 5.63. The molecule has 0 amide bonds. The molecule has 1 saturated carbocycles. The van der Waals surface area contributed by atoms with Gasteiger partial charge < -0.3 is 10.6 Å². The molecule has 1 aliphatic rings. The molecular formula is C21H23N5. The monoisotopic (exact) mass is 345 g/mol. The molecule has 5 heteroatoms. The second-order valence-corrected chi connectivity index (χ2v) is 6.67. The van der Waals surface area contributed by atoms with Gasteiger partial charge >= 0.3 is 0 Å². The molecule has 0 bridgehead atoms. The number of hydrogen-bond acceptors (Lipinski definition) is 5. The summed E-state index contributed by atoms with van der Waals surface area (Å²) in [5, 5.41) is 6.93. The van der Waals surface area contributed by atoms with Crippen LogP contribution >= 0.6 is 0 Å². The van der Waals surface area contributed by atoms with E-state index in [2.05, 4.69) is 32.7 Å². The van der Waals surface area contributed by atoms with Crippen molar-refractivity contribution in [2.24, 2.45) is 0 Å². The summed E-state index contributed by atoms with van der Waals surface area (Å²) in [6.45, 7) is 0.729. The highest BCUT2D eigenvalue weighted by Crippen LogP contribution is 2.24. The first-order chi connectivity index (χ1) is 12.9. The Morgan fingerprint density at radius 3 is 2.58 bits per heavy atom. The summed E-state index contributed by atoms with van der Waals surface area (Å²) in [6, 6.07) is 16.7. The van der Waals surface area contributed by atoms with Gasteiger partial charge in [-0.05, 0) is 30.5 Å². The van der Waals surface area contributed by atoms with Crippen LogP contribution in [0.15, 0.2) is 60.9 Å². The van der Waals surface area contributed by atoms with Gasteiger partial charge in [0.05, 0.1) is 5.69 Å². The summed E-state index contributed by atoms with van der Waals surface area (Å²) >= 11 is 0. The molecule has 2 N–H and O–H groups in total. The molecule has 2 aromatic heterocycles. The molecule has 0 spiro atoms. The second kappa shape index (κ2) is 7.95. The van der Waals surface area contributed by atoms with Crippen molar-refractivity contribution in [3.8, 4) is 11.3 Å². The van der Waals surface area contributed by atoms with Crippen LogP contribution in [0, 0.1) is 0 Å². The van der Waals surface area contributed by atoms with Gasteiger partial charge in [-0.1, -0.05) is 43.2 Å². The van der Waals surface area contributed by atoms with E-state index >= 15 is 0 Å². The number of anilines is 2. The van der Waals surface area contributed by atoms with E-state index in [1.807, 2.05) is 42.6 Å². The van der Waals surface area contributed by atoms with Crippen molar-refractivity contribution in [2.75, 3.05) is 10.6 Å². The Morgan fingerprint density at radius 2 is 1.81 bits per heavy atom. The lowest BCUT2D eigenvalue weighted by atomic mass is 10.2. The molecule has 0 saturated heterocycles. The first-order valence-electron chi connectivity index (χ1n) is 9.21. The Labute approximate surface area is 153 Å². The van der Waals surface area contributed by atoms with E-state index in [1.54, 1.807) is 6.20 Å². The van der Waals surface area contributed by atoms with Crippen molar-refractivity contribution < 1.29 is 0 Å². The quantitative estimate of drug-likeness (QED) is 0.688. The van der Waals surface area contributed by atoms with E-state index in [0.717, 1.165) is 23.6 Å². The minimum absolute atomic E-state index is 0.473. The summed E-state index contributed by atoms with van der Waals surface area (Å²) in [5.41, 5.74) is 3.09. The smallest absolute Gasteiger partial charge is 0.225 e. The fourth-order valence-corrected chi connectivity index (χ4v) is 3.31. The predicted octanol–water partition coefficient (Wildman–Crippen LogP) is 4.51. The lowest BCUT2D eigenvalue weighted by Crippen LogP contribution is -2.17. The van der Waals surface area contributed by atoms with Crippen molar-refractivity contribution in [1.29, 1.82) is 0 Å². The van der Waals surface area contributed by atoms with Crippen LogP contribution in [0.1, 0.15) is 31.2 Å². The van der Waals surface area contributed by atoms with Crippen LogP contribution in [0.25, 0.3) is 11.3 Å². The van der Waals surface area contributed by atoms with Gasteiger partial charge in [0.1, 0.15) is 5.82 Å². The maximum Gasteiger partial charge on any atom is 0.225 e. The van der Waals surface area contributed by atoms with Crippen LogP contribution in [0.5, 0.6) is 0 Å². The van der Waals surface area contributed by atoms with Gasteiger partial charge in [-0.25, -0.2) is 4.98 Å². The maximum absolute atomic E-state index is 4.72. The third-order valence-corrected chi connectivity index (χ3v) is 4.69. The summed E-state index contributed by atoms with van der Waals surface area (Å²) in [7, 11) is 0. The third kappa shape index (κ3) is 4.17. The van der Waals surface area contributed by atoms with Gasteiger partial charge in [0.15, 0.2) is 0 Å². The lowest BCUT2D eigenvalue weighted by molar-refractivity contribution is 0.744. The van der Waals surface area contributed by atoms with Gasteiger partial charge in [0.25, 0.3) is 0 Å². The SMILES string of the molecule is c1ccc(CNc2cc(-c3cccnc3)nc(NC3CCCC3)n2)cc1. The zero-order valence-electron chi connectivity index (χ0n) is 14.7. The van der Waals surface area contributed by atoms with Gasteiger partial charge in [0.2, 0.25) is 5.95 Å². The Kier molecular flexibility index (Phi) is 5.05. The molecule has 4 rings (SSSR count). The minimum Gasteiger partial charge on any atom is -0.366 e. The van der Waals surface area contributed by atoms with Crippen LogP contribution in [0.4, 0.5) is 11.8 Å². The molecule has 0 atom stereocenters. The fraction of sp³-hybridized carbons (Fsp3) is 0.286. The van der Waals surface area contributed by atoms with Crippen molar-refractivity contribution in [3.05, 3.63) is 66.5 Å². The molecule has 2 heterocycles. The summed E-state index contributed by atoms with van der Waals surface area (Å²) in [4.78, 5) is 13.6. The van der Waals surface area contributed by atoms with Gasteiger partial charge in [0, 0.05) is 36.6 Å². The Morgan fingerprint density at radius 1 is 0.962 bits per heavy atom. The summed E-state index contributed by atoms with van der Waals surface area (Å²) in [6.07, 6.45) is 8.54. The van der Waals surface area contributed by atoms with Crippen LogP contribution in [0.3, 0.4) is 0 Å². The fourth-order valence-electron chi connectivity index (χ4n) is 3.31. The molecule has 1 aromatic carbocycles. The maximum atomic E-state index is 4.72. The average Bonchev–Trinajstić information content (AvgIpc) is 3.21. The van der Waals surface area contributed by atoms with Crippen LogP contribution in [0.2, 0.25) is 0 Å². The number of aromatic nitrogens is 3. The first-order valence-corrected chi connectivity index (χ1v) is 9.21. The zero-order chi connectivity index (χ0) is 17.6. The highest BCUT2D eigenvalue weighted by atomic mass is 15.2. The number of pyridine rings is 1. The van der Waals surface area contributed by atoms with E-state index < -0.39 is 0 Å². The largest absolute Gasteiger partial charge is 0.366 e. The zero-order valence-corrected chi connectivity index (χ0v) is 14.7. The molecule has 26 heavy (non-hydrogen) atoms. The van der Waals surface area contributed by atoms with E-state index in [0.29, 0.717) is 12.0 Å². The van der Waals surface area contributed by atoms with Crippen LogP contribution < -0.4 is 10.6 Å². The normalized spacial score (nSPS) is 14.3. The Bertz CT molecular complexity index is 830. The first kappa shape index (κ1) is 16.5. The van der Waals surface area contributed by atoms with Gasteiger partial charge in [-0.3, -0.25) is 4.98 Å². The molecule has 0 unspecified atom stereocenters. The highest BCUT2D eigenvalue weighted by Gasteiger charge is 2.16. The topological polar surface area (TPSA) is 62.7 Å². The molecule has 0 radical (unpaired) electrons. The molecule has 3 aromatic rings. The predicted molar refractivity (Wildman–Crippen MR) is 105 cm³/mol. The molecular weight excluding hydrogens is 322 g/mol. The lowest BCUT2D eigenvalue weighted by Gasteiger charge is -2.15. The standard InChI is InChI=1S/C21H23N5/c1-2-7-16(8-3-1)14-23-20-13-19(17-9-6-12-22-15-17)25-21(26-20)24-18-10-4-5-11-18/h1-3,6-9,12-13,15,18H,4-5,10-11,14H2,(H2,23,24,25,26). The molecule has 0 aliphatic heterocycles. The number of rotatable bonds is 6. The Hall–Kier alpha value is -2.95. The number of nitrogens with one attached hydrogen (secondary N) is 2. The Balaban J connectivity index is 1.58. The van der Waals surface area contributed by atoms with E-state index in [9.17, 15) is 0 Å². The minimum atomic E-state index is 0.473. The van der Waals surface area contributed by atoms with Gasteiger partial charge in [-0.2, -0.15) is 4.98 Å². The molecule has 5 nitrogen and oxygen atoms in total. The van der Waals surface area contributed by atoms with Crippen molar-refractivity contribution in [3.63, 3.8) is 0 Å². The molecule has 1 aliphatic carbocycles. The van der Waals surface area contributed by atoms with E-state index in [-0.39, 0.29) is 0 Å². The number of nitrogens with zero attached hydrogens (tertiary/aromatic N) is 3. The summed E-state index contributed by atoms with van der Waals surface area (Å²) in [5.74, 6) is 1.51. The van der Waals surface area contributed by atoms with Crippen LogP contribution in [-0.2, 0) is 6.54 Å². The second-order valence-electron chi connectivity index (χ2n) is 6.67. The van der Waals surface area contributed by atoms with E-state index in [4.69, 9.17) is 4.98 Å². The van der Waals surface area contributed by atoms with Crippen molar-refractivity contribution in [2.45, 2.75) is 38.3 Å². The van der Waals surface area contributed by atoms with Gasteiger partial charge in [-0.15, -0.1) is 0 Å². The molecule has 132 valence electrons. The van der Waals surface area contributed by atoms with Crippen molar-refractivity contribution >= 4 is 11.8 Å². The number of hydrogen-bond donors (Lipinski definition) is 2. The molecule has 1 fully saturated rings. The summed E-state index contributed by atoms with van der Waals surface area (Å²) < 4.78 is 0. The van der Waals surface area contributed by atoms with E-state index in [1.165, 1.54) is 31.2 Å². The number of benzene rings is 1. The average molecular weight is 345 g/mol.